The van der Waals surface area contributed by atoms with E-state index in [0.717, 1.165) is 0 Å². The maximum atomic E-state index is 11.8. The van der Waals surface area contributed by atoms with Gasteiger partial charge >= 0.3 is 5.97 Å². The predicted octanol–water partition coefficient (Wildman–Crippen LogP) is 0.734. The molecule has 4 heteroatoms. The van der Waals surface area contributed by atoms with E-state index in [1.165, 1.54) is 0 Å². The largest absolute Gasteiger partial charge is 0.465 e. The van der Waals surface area contributed by atoms with Crippen LogP contribution in [0.25, 0.3) is 0 Å². The summed E-state index contributed by atoms with van der Waals surface area (Å²) in [7, 11) is 0. The lowest BCUT2D eigenvalue weighted by Gasteiger charge is -2.28. The third-order valence-electron chi connectivity index (χ3n) is 3.56. The molecule has 82 valence electrons. The number of hydrogen-bond acceptors (Lipinski definition) is 4. The van der Waals surface area contributed by atoms with Crippen molar-refractivity contribution in [2.24, 2.45) is 17.3 Å². The highest BCUT2D eigenvalue weighted by molar-refractivity contribution is 6.15. The molecule has 4 nitrogen and oxygen atoms in total. The number of esters is 1. The van der Waals surface area contributed by atoms with E-state index >= 15 is 0 Å². The molecule has 3 atom stereocenters. The van der Waals surface area contributed by atoms with Crippen LogP contribution in [-0.2, 0) is 19.1 Å². The second-order valence-corrected chi connectivity index (χ2v) is 4.44. The number of fused-ring (bicyclic) bond motifs is 1. The topological polar surface area (TPSA) is 60.4 Å². The molecular weight excluding hydrogens is 196 g/mol. The van der Waals surface area contributed by atoms with Crippen molar-refractivity contribution in [1.29, 1.82) is 0 Å². The Hall–Kier alpha value is -1.19. The summed E-state index contributed by atoms with van der Waals surface area (Å²) in [6, 6.07) is 0. The minimum atomic E-state index is -1.06. The van der Waals surface area contributed by atoms with Crippen LogP contribution in [0.2, 0.25) is 0 Å². The quantitative estimate of drug-likeness (QED) is 0.498. The zero-order valence-electron chi connectivity index (χ0n) is 8.91. The summed E-state index contributed by atoms with van der Waals surface area (Å²) in [5.41, 5.74) is -1.06. The summed E-state index contributed by atoms with van der Waals surface area (Å²) in [5, 5.41) is 0. The van der Waals surface area contributed by atoms with Gasteiger partial charge in [0.15, 0.2) is 5.78 Å². The zero-order valence-corrected chi connectivity index (χ0v) is 8.91. The minimum Gasteiger partial charge on any atom is -0.465 e. The average Bonchev–Trinajstić information content (AvgIpc) is 2.95. The van der Waals surface area contributed by atoms with Gasteiger partial charge < -0.3 is 4.74 Å². The Morgan fingerprint density at radius 3 is 2.80 bits per heavy atom. The average molecular weight is 210 g/mol. The van der Waals surface area contributed by atoms with Crippen LogP contribution in [-0.4, -0.2) is 24.1 Å². The summed E-state index contributed by atoms with van der Waals surface area (Å²) < 4.78 is 4.92. The molecule has 0 saturated heterocycles. The van der Waals surface area contributed by atoms with Crippen molar-refractivity contribution in [1.82, 2.24) is 0 Å². The van der Waals surface area contributed by atoms with E-state index in [2.05, 4.69) is 0 Å². The van der Waals surface area contributed by atoms with E-state index in [-0.39, 0.29) is 36.4 Å². The Morgan fingerprint density at radius 1 is 1.53 bits per heavy atom. The highest BCUT2D eigenvalue weighted by Crippen LogP contribution is 2.56. The lowest BCUT2D eigenvalue weighted by Crippen LogP contribution is -2.44. The van der Waals surface area contributed by atoms with E-state index in [1.807, 2.05) is 0 Å². The molecule has 0 aromatic rings. The Kier molecular flexibility index (Phi) is 2.17. The second kappa shape index (κ2) is 3.15. The van der Waals surface area contributed by atoms with Crippen molar-refractivity contribution in [2.45, 2.75) is 26.7 Å². The first-order valence-electron chi connectivity index (χ1n) is 5.25. The smallest absolute Gasteiger partial charge is 0.319 e. The minimum absolute atomic E-state index is 0.00762. The molecule has 2 saturated carbocycles. The molecule has 2 rings (SSSR count). The van der Waals surface area contributed by atoms with Crippen LogP contribution in [0.1, 0.15) is 26.7 Å². The zero-order chi connectivity index (χ0) is 11.2. The molecule has 0 aromatic heterocycles. The number of hydrogen-bond donors (Lipinski definition) is 0. The van der Waals surface area contributed by atoms with Crippen LogP contribution in [0, 0.1) is 17.3 Å². The van der Waals surface area contributed by atoms with Gasteiger partial charge in [-0.1, -0.05) is 0 Å². The van der Waals surface area contributed by atoms with Gasteiger partial charge in [-0.05, 0) is 26.2 Å². The highest BCUT2D eigenvalue weighted by Gasteiger charge is 2.64. The van der Waals surface area contributed by atoms with Gasteiger partial charge in [-0.2, -0.15) is 0 Å². The van der Waals surface area contributed by atoms with Crippen molar-refractivity contribution in [3.05, 3.63) is 0 Å². The summed E-state index contributed by atoms with van der Waals surface area (Å²) in [6.45, 7) is 3.60. The summed E-state index contributed by atoms with van der Waals surface area (Å²) in [6.07, 6.45) is 0.566. The standard InChI is InChI=1S/C11H14O4/c1-3-15-10(14)11(2)7-4-6(7)8(12)5-9(11)13/h6-7H,3-5H2,1-2H3/t6-,7-,11?/m0/s1. The number of carbonyl (C=O) groups excluding carboxylic acids is 3. The Balaban J connectivity index is 2.24. The fourth-order valence-electron chi connectivity index (χ4n) is 2.41. The van der Waals surface area contributed by atoms with Crippen molar-refractivity contribution < 1.29 is 19.1 Å². The van der Waals surface area contributed by atoms with Crippen LogP contribution < -0.4 is 0 Å². The van der Waals surface area contributed by atoms with E-state index in [9.17, 15) is 14.4 Å². The molecule has 2 aliphatic carbocycles. The van der Waals surface area contributed by atoms with Crippen LogP contribution in [0.3, 0.4) is 0 Å². The molecule has 2 fully saturated rings. The van der Waals surface area contributed by atoms with Gasteiger partial charge in [0.25, 0.3) is 0 Å². The lowest BCUT2D eigenvalue weighted by molar-refractivity contribution is -0.162. The van der Waals surface area contributed by atoms with E-state index in [1.54, 1.807) is 13.8 Å². The molecule has 0 heterocycles. The fourth-order valence-corrected chi connectivity index (χ4v) is 2.41. The fraction of sp³-hybridized carbons (Fsp3) is 0.727. The van der Waals surface area contributed by atoms with Gasteiger partial charge in [0.05, 0.1) is 13.0 Å². The third kappa shape index (κ3) is 1.31. The summed E-state index contributed by atoms with van der Waals surface area (Å²) in [5.74, 6) is -0.922. The maximum absolute atomic E-state index is 11.8. The predicted molar refractivity (Wildman–Crippen MR) is 51.0 cm³/mol. The number of carbonyl (C=O) groups is 3. The van der Waals surface area contributed by atoms with Crippen molar-refractivity contribution >= 4 is 17.5 Å². The lowest BCUT2D eigenvalue weighted by atomic mass is 9.73. The Labute approximate surface area is 88.0 Å². The van der Waals surface area contributed by atoms with Crippen molar-refractivity contribution in [2.75, 3.05) is 6.61 Å². The molecular formula is C11H14O4. The van der Waals surface area contributed by atoms with Gasteiger partial charge in [0.2, 0.25) is 0 Å². The van der Waals surface area contributed by atoms with Crippen molar-refractivity contribution in [3.63, 3.8) is 0 Å². The molecule has 0 spiro atoms. The molecule has 0 aromatic carbocycles. The first kappa shape index (κ1) is 10.3. The molecule has 1 unspecified atom stereocenters. The van der Waals surface area contributed by atoms with Crippen LogP contribution in [0.15, 0.2) is 0 Å². The SMILES string of the molecule is CCOC(=O)C1(C)C(=O)CC(=O)[C@H]2C[C@@H]21. The van der Waals surface area contributed by atoms with E-state index in [0.29, 0.717) is 6.42 Å². The molecule has 0 amide bonds. The number of rotatable bonds is 2. The maximum Gasteiger partial charge on any atom is 0.319 e. The second-order valence-electron chi connectivity index (χ2n) is 4.44. The number of Topliss-reactive ketones (excluding diaryl/α,β-unsaturated/α-hetero) is 2. The molecule has 15 heavy (non-hydrogen) atoms. The molecule has 0 radical (unpaired) electrons. The van der Waals surface area contributed by atoms with Gasteiger partial charge in [0.1, 0.15) is 11.2 Å². The van der Waals surface area contributed by atoms with E-state index in [4.69, 9.17) is 4.74 Å². The van der Waals surface area contributed by atoms with Crippen LogP contribution in [0.5, 0.6) is 0 Å². The number of ether oxygens (including phenoxy) is 1. The molecule has 0 N–H and O–H groups in total. The van der Waals surface area contributed by atoms with Gasteiger partial charge in [-0.25, -0.2) is 0 Å². The van der Waals surface area contributed by atoms with Crippen molar-refractivity contribution in [3.8, 4) is 0 Å². The number of ketones is 2. The Bertz CT molecular complexity index is 346. The normalized spacial score (nSPS) is 38.5. The monoisotopic (exact) mass is 210 g/mol. The molecule has 2 aliphatic rings. The van der Waals surface area contributed by atoms with Gasteiger partial charge in [0, 0.05) is 5.92 Å². The summed E-state index contributed by atoms with van der Waals surface area (Å²) >= 11 is 0. The molecule has 0 aliphatic heterocycles. The highest BCUT2D eigenvalue weighted by atomic mass is 16.5. The third-order valence-corrected chi connectivity index (χ3v) is 3.56. The van der Waals surface area contributed by atoms with Crippen LogP contribution in [0.4, 0.5) is 0 Å². The van der Waals surface area contributed by atoms with Gasteiger partial charge in [-0.3, -0.25) is 14.4 Å². The van der Waals surface area contributed by atoms with Crippen LogP contribution >= 0.6 is 0 Å². The first-order chi connectivity index (χ1) is 7.01. The van der Waals surface area contributed by atoms with Gasteiger partial charge in [-0.15, -0.1) is 0 Å². The summed E-state index contributed by atoms with van der Waals surface area (Å²) in [4.78, 5) is 34.8. The van der Waals surface area contributed by atoms with E-state index < -0.39 is 11.4 Å². The Morgan fingerprint density at radius 2 is 2.20 bits per heavy atom. The first-order valence-corrected chi connectivity index (χ1v) is 5.25. The molecule has 0 bridgehead atoms.